The van der Waals surface area contributed by atoms with Gasteiger partial charge in [-0.25, -0.2) is 4.98 Å². The molecule has 2 aromatic rings. The van der Waals surface area contributed by atoms with Gasteiger partial charge in [0.15, 0.2) is 0 Å². The number of carbonyl (C=O) groups excluding carboxylic acids is 2. The molecule has 0 radical (unpaired) electrons. The van der Waals surface area contributed by atoms with Crippen LogP contribution in [0.3, 0.4) is 0 Å². The minimum atomic E-state index is -0.413. The predicted molar refractivity (Wildman–Crippen MR) is 95.7 cm³/mol. The number of amides is 2. The zero-order chi connectivity index (χ0) is 17.8. The van der Waals surface area contributed by atoms with Crippen LogP contribution < -0.4 is 15.0 Å². The first-order valence-electron chi connectivity index (χ1n) is 8.34. The molecule has 0 unspecified atom stereocenters. The molecule has 1 N–H and O–H groups in total. The van der Waals surface area contributed by atoms with Crippen molar-refractivity contribution in [2.75, 3.05) is 23.4 Å². The van der Waals surface area contributed by atoms with Gasteiger partial charge in [0.05, 0.1) is 18.2 Å². The Morgan fingerprint density at radius 2 is 2.16 bits per heavy atom. The number of nitrogens with one attached hydrogen (secondary N) is 1. The minimum absolute atomic E-state index is 0.0792. The van der Waals surface area contributed by atoms with E-state index in [1.165, 1.54) is 0 Å². The molecule has 3 rings (SSSR count). The Morgan fingerprint density at radius 1 is 1.36 bits per heavy atom. The molecule has 0 bridgehead atoms. The first-order valence-corrected chi connectivity index (χ1v) is 8.34. The van der Waals surface area contributed by atoms with Crippen LogP contribution in [0.25, 0.3) is 0 Å². The van der Waals surface area contributed by atoms with Crippen LogP contribution in [0.4, 0.5) is 11.5 Å². The van der Waals surface area contributed by atoms with E-state index in [0.717, 1.165) is 5.56 Å². The van der Waals surface area contributed by atoms with Crippen molar-refractivity contribution >= 4 is 23.3 Å². The van der Waals surface area contributed by atoms with E-state index in [9.17, 15) is 9.59 Å². The second-order valence-corrected chi connectivity index (χ2v) is 6.01. The topological polar surface area (TPSA) is 71.5 Å². The van der Waals surface area contributed by atoms with Gasteiger partial charge in [-0.3, -0.25) is 9.59 Å². The summed E-state index contributed by atoms with van der Waals surface area (Å²) >= 11 is 0. The van der Waals surface area contributed by atoms with E-state index in [0.29, 0.717) is 30.4 Å². The zero-order valence-electron chi connectivity index (χ0n) is 14.4. The largest absolute Gasteiger partial charge is 0.492 e. The van der Waals surface area contributed by atoms with Gasteiger partial charge < -0.3 is 15.0 Å². The van der Waals surface area contributed by atoms with Crippen LogP contribution in [0.5, 0.6) is 5.75 Å². The standard InChI is InChI=1S/C19H21N3O3/c1-3-25-16-7-5-4-6-15(16)22-12-14(11-18(22)23)19(24)21-17-10-13(2)8-9-20-17/h4-10,14H,3,11-12H2,1-2H3,(H,20,21,24)/t14-/m1/s1. The van der Waals surface area contributed by atoms with E-state index in [-0.39, 0.29) is 18.2 Å². The molecule has 1 saturated heterocycles. The highest BCUT2D eigenvalue weighted by Crippen LogP contribution is 2.33. The molecule has 2 amide bonds. The number of pyridine rings is 1. The lowest BCUT2D eigenvalue weighted by molar-refractivity contribution is -0.122. The maximum absolute atomic E-state index is 12.5. The number of anilines is 2. The zero-order valence-corrected chi connectivity index (χ0v) is 14.4. The fourth-order valence-corrected chi connectivity index (χ4v) is 2.91. The third-order valence-electron chi connectivity index (χ3n) is 4.12. The molecular formula is C19H21N3O3. The lowest BCUT2D eigenvalue weighted by Crippen LogP contribution is -2.28. The van der Waals surface area contributed by atoms with Crippen molar-refractivity contribution in [3.05, 3.63) is 48.2 Å². The van der Waals surface area contributed by atoms with Gasteiger partial charge >= 0.3 is 0 Å². The SMILES string of the molecule is CCOc1ccccc1N1C[C@H](C(=O)Nc2cc(C)ccn2)CC1=O. The summed E-state index contributed by atoms with van der Waals surface area (Å²) in [6, 6.07) is 11.1. The highest BCUT2D eigenvalue weighted by molar-refractivity contribution is 6.04. The second kappa shape index (κ2) is 7.34. The molecule has 1 fully saturated rings. The summed E-state index contributed by atoms with van der Waals surface area (Å²) in [5.74, 6) is 0.474. The van der Waals surface area contributed by atoms with Crippen LogP contribution in [0.15, 0.2) is 42.6 Å². The molecule has 1 atom stereocenters. The minimum Gasteiger partial charge on any atom is -0.492 e. The Kier molecular flexibility index (Phi) is 4.97. The van der Waals surface area contributed by atoms with E-state index in [1.54, 1.807) is 17.2 Å². The molecule has 1 aromatic carbocycles. The monoisotopic (exact) mass is 339 g/mol. The van der Waals surface area contributed by atoms with Crippen molar-refractivity contribution in [3.8, 4) is 5.75 Å². The summed E-state index contributed by atoms with van der Waals surface area (Å²) in [6.45, 7) is 4.68. The second-order valence-electron chi connectivity index (χ2n) is 6.01. The van der Waals surface area contributed by atoms with Gasteiger partial charge in [0.25, 0.3) is 0 Å². The van der Waals surface area contributed by atoms with Crippen LogP contribution in [0.1, 0.15) is 18.9 Å². The summed E-state index contributed by atoms with van der Waals surface area (Å²) in [5, 5.41) is 2.80. The number of hydrogen-bond donors (Lipinski definition) is 1. The van der Waals surface area contributed by atoms with Crippen molar-refractivity contribution in [2.24, 2.45) is 5.92 Å². The van der Waals surface area contributed by atoms with Crippen molar-refractivity contribution in [2.45, 2.75) is 20.3 Å². The van der Waals surface area contributed by atoms with Gasteiger partial charge in [-0.05, 0) is 43.7 Å². The smallest absolute Gasteiger partial charge is 0.230 e. The number of carbonyl (C=O) groups is 2. The third-order valence-corrected chi connectivity index (χ3v) is 4.12. The molecule has 1 aromatic heterocycles. The van der Waals surface area contributed by atoms with Crippen LogP contribution in [-0.2, 0) is 9.59 Å². The Labute approximate surface area is 146 Å². The summed E-state index contributed by atoms with van der Waals surface area (Å²) in [5.41, 5.74) is 1.72. The fourth-order valence-electron chi connectivity index (χ4n) is 2.91. The molecule has 0 saturated carbocycles. The number of aryl methyl sites for hydroxylation is 1. The lowest BCUT2D eigenvalue weighted by atomic mass is 10.1. The van der Waals surface area contributed by atoms with E-state index >= 15 is 0 Å². The highest BCUT2D eigenvalue weighted by Gasteiger charge is 2.36. The summed E-state index contributed by atoms with van der Waals surface area (Å²) in [6.07, 6.45) is 1.83. The molecule has 1 aliphatic heterocycles. The van der Waals surface area contributed by atoms with Crippen molar-refractivity contribution in [1.29, 1.82) is 0 Å². The van der Waals surface area contributed by atoms with E-state index < -0.39 is 5.92 Å². The molecule has 0 aliphatic carbocycles. The molecule has 6 heteroatoms. The number of nitrogens with zero attached hydrogens (tertiary/aromatic N) is 2. The third kappa shape index (κ3) is 3.79. The molecular weight excluding hydrogens is 318 g/mol. The lowest BCUT2D eigenvalue weighted by Gasteiger charge is -2.20. The molecule has 6 nitrogen and oxygen atoms in total. The van der Waals surface area contributed by atoms with E-state index in [1.807, 2.05) is 44.2 Å². The van der Waals surface area contributed by atoms with Crippen LogP contribution in [0.2, 0.25) is 0 Å². The Bertz CT molecular complexity index is 791. The number of aromatic nitrogens is 1. The molecule has 1 aliphatic rings. The van der Waals surface area contributed by atoms with Gasteiger partial charge in [0.1, 0.15) is 11.6 Å². The highest BCUT2D eigenvalue weighted by atomic mass is 16.5. The van der Waals surface area contributed by atoms with Crippen molar-refractivity contribution in [1.82, 2.24) is 4.98 Å². The summed E-state index contributed by atoms with van der Waals surface area (Å²) in [4.78, 5) is 30.7. The van der Waals surface area contributed by atoms with Crippen LogP contribution in [0, 0.1) is 12.8 Å². The first kappa shape index (κ1) is 17.0. The number of para-hydroxylation sites is 2. The van der Waals surface area contributed by atoms with Crippen LogP contribution >= 0.6 is 0 Å². The van der Waals surface area contributed by atoms with Crippen molar-refractivity contribution in [3.63, 3.8) is 0 Å². The van der Waals surface area contributed by atoms with Gasteiger partial charge in [0.2, 0.25) is 11.8 Å². The number of benzene rings is 1. The number of rotatable bonds is 5. The summed E-state index contributed by atoms with van der Waals surface area (Å²) in [7, 11) is 0. The molecule has 2 heterocycles. The fraction of sp³-hybridized carbons (Fsp3) is 0.316. The normalized spacial score (nSPS) is 16.8. The number of hydrogen-bond acceptors (Lipinski definition) is 4. The van der Waals surface area contributed by atoms with E-state index in [2.05, 4.69) is 10.3 Å². The summed E-state index contributed by atoms with van der Waals surface area (Å²) < 4.78 is 5.60. The maximum Gasteiger partial charge on any atom is 0.230 e. The number of ether oxygens (including phenoxy) is 1. The Hall–Kier alpha value is -2.89. The van der Waals surface area contributed by atoms with Gasteiger partial charge in [-0.1, -0.05) is 12.1 Å². The predicted octanol–water partition coefficient (Wildman–Crippen LogP) is 2.78. The van der Waals surface area contributed by atoms with Gasteiger partial charge in [-0.15, -0.1) is 0 Å². The Balaban J connectivity index is 1.73. The quantitative estimate of drug-likeness (QED) is 0.909. The maximum atomic E-state index is 12.5. The van der Waals surface area contributed by atoms with Crippen molar-refractivity contribution < 1.29 is 14.3 Å². The average Bonchev–Trinajstić information content (AvgIpc) is 2.97. The molecule has 130 valence electrons. The first-order chi connectivity index (χ1) is 12.1. The van der Waals surface area contributed by atoms with Gasteiger partial charge in [-0.2, -0.15) is 0 Å². The van der Waals surface area contributed by atoms with Crippen LogP contribution in [-0.4, -0.2) is 29.9 Å². The molecule has 25 heavy (non-hydrogen) atoms. The van der Waals surface area contributed by atoms with Gasteiger partial charge in [0, 0.05) is 19.2 Å². The van der Waals surface area contributed by atoms with E-state index in [4.69, 9.17) is 4.74 Å². The average molecular weight is 339 g/mol. The Morgan fingerprint density at radius 3 is 2.92 bits per heavy atom. The molecule has 0 spiro atoms.